The van der Waals surface area contributed by atoms with Gasteiger partial charge >= 0.3 is 0 Å². The summed E-state index contributed by atoms with van der Waals surface area (Å²) in [5.41, 5.74) is 4.02. The van der Waals surface area contributed by atoms with Crippen LogP contribution in [0.1, 0.15) is 0 Å². The van der Waals surface area contributed by atoms with Gasteiger partial charge in [-0.15, -0.1) is 0 Å². The van der Waals surface area contributed by atoms with Crippen molar-refractivity contribution in [2.75, 3.05) is 31.1 Å². The van der Waals surface area contributed by atoms with E-state index in [-0.39, 0.29) is 0 Å². The van der Waals surface area contributed by atoms with Gasteiger partial charge in [-0.25, -0.2) is 0 Å². The smallest absolute Gasteiger partial charge is 0.0575 e. The molecule has 0 aromatic heterocycles. The summed E-state index contributed by atoms with van der Waals surface area (Å²) in [4.78, 5) is 0. The SMILES string of the molecule is CNN=C(CSC)CSC. The van der Waals surface area contributed by atoms with E-state index in [1.807, 2.05) is 7.05 Å². The highest BCUT2D eigenvalue weighted by atomic mass is 32.2. The van der Waals surface area contributed by atoms with Crippen LogP contribution >= 0.6 is 23.5 Å². The number of nitrogens with zero attached hydrogens (tertiary/aromatic N) is 1. The Kier molecular flexibility index (Phi) is 7.40. The van der Waals surface area contributed by atoms with Crippen molar-refractivity contribution < 1.29 is 0 Å². The number of hydrogen-bond acceptors (Lipinski definition) is 4. The molecule has 0 atom stereocenters. The molecule has 0 rings (SSSR count). The third-order valence-corrected chi connectivity index (χ3v) is 2.14. The van der Waals surface area contributed by atoms with Gasteiger partial charge in [0, 0.05) is 18.6 Å². The number of nitrogens with one attached hydrogen (secondary N) is 1. The molecule has 1 N–H and O–H groups in total. The van der Waals surface area contributed by atoms with Gasteiger partial charge in [0.1, 0.15) is 0 Å². The van der Waals surface area contributed by atoms with Crippen LogP contribution in [-0.2, 0) is 0 Å². The molecule has 60 valence electrons. The Balaban J connectivity index is 3.60. The molecule has 0 aliphatic rings. The third kappa shape index (κ3) is 4.99. The first kappa shape index (κ1) is 10.2. The van der Waals surface area contributed by atoms with E-state index in [0.29, 0.717) is 0 Å². The van der Waals surface area contributed by atoms with E-state index in [1.54, 1.807) is 23.5 Å². The van der Waals surface area contributed by atoms with Crippen LogP contribution in [0.25, 0.3) is 0 Å². The van der Waals surface area contributed by atoms with E-state index >= 15 is 0 Å². The van der Waals surface area contributed by atoms with Crippen LogP contribution in [0.2, 0.25) is 0 Å². The minimum atomic E-state index is 1.03. The largest absolute Gasteiger partial charge is 0.313 e. The van der Waals surface area contributed by atoms with Gasteiger partial charge in [-0.3, -0.25) is 0 Å². The maximum absolute atomic E-state index is 4.13. The average molecular weight is 178 g/mol. The van der Waals surface area contributed by atoms with Crippen LogP contribution < -0.4 is 5.43 Å². The van der Waals surface area contributed by atoms with Crippen molar-refractivity contribution >= 4 is 29.2 Å². The minimum absolute atomic E-state index is 1.03. The van der Waals surface area contributed by atoms with Gasteiger partial charge in [-0.2, -0.15) is 28.6 Å². The highest BCUT2D eigenvalue weighted by molar-refractivity contribution is 8.00. The molecule has 4 heteroatoms. The highest BCUT2D eigenvalue weighted by Gasteiger charge is 1.95. The van der Waals surface area contributed by atoms with Crippen molar-refractivity contribution in [3.63, 3.8) is 0 Å². The Morgan fingerprint density at radius 2 is 1.80 bits per heavy atom. The van der Waals surface area contributed by atoms with Crippen molar-refractivity contribution in [1.29, 1.82) is 0 Å². The number of rotatable bonds is 5. The van der Waals surface area contributed by atoms with E-state index in [1.165, 1.54) is 5.71 Å². The molecule has 0 bridgehead atoms. The van der Waals surface area contributed by atoms with Crippen molar-refractivity contribution in [2.45, 2.75) is 0 Å². The Bertz CT molecular complexity index is 95.9. The fraction of sp³-hybridized carbons (Fsp3) is 0.833. The van der Waals surface area contributed by atoms with Crippen LogP contribution in [0, 0.1) is 0 Å². The van der Waals surface area contributed by atoms with Crippen LogP contribution in [0.4, 0.5) is 0 Å². The van der Waals surface area contributed by atoms with Crippen LogP contribution in [0.15, 0.2) is 5.10 Å². The summed E-state index contributed by atoms with van der Waals surface area (Å²) in [5, 5.41) is 4.13. The van der Waals surface area contributed by atoms with E-state index in [4.69, 9.17) is 0 Å². The summed E-state index contributed by atoms with van der Waals surface area (Å²) < 4.78 is 0. The molecule has 0 saturated carbocycles. The summed E-state index contributed by atoms with van der Waals surface area (Å²) in [7, 11) is 1.83. The molecule has 0 unspecified atom stereocenters. The fourth-order valence-electron chi connectivity index (χ4n) is 0.598. The molecule has 0 radical (unpaired) electrons. The first-order valence-electron chi connectivity index (χ1n) is 3.05. The van der Waals surface area contributed by atoms with Gasteiger partial charge in [-0.1, -0.05) is 0 Å². The number of hydrogen-bond donors (Lipinski definition) is 1. The summed E-state index contributed by atoms with van der Waals surface area (Å²) >= 11 is 3.61. The quantitative estimate of drug-likeness (QED) is 0.507. The van der Waals surface area contributed by atoms with E-state index < -0.39 is 0 Å². The second-order valence-electron chi connectivity index (χ2n) is 1.77. The first-order valence-corrected chi connectivity index (χ1v) is 5.84. The predicted molar refractivity (Wildman–Crippen MR) is 53.3 cm³/mol. The average Bonchev–Trinajstić information content (AvgIpc) is 1.90. The zero-order valence-electron chi connectivity index (χ0n) is 6.68. The standard InChI is InChI=1S/C6H14N2S2/c1-7-8-6(4-9-2)5-10-3/h7H,4-5H2,1-3H3. The van der Waals surface area contributed by atoms with Crippen molar-refractivity contribution in [2.24, 2.45) is 5.10 Å². The van der Waals surface area contributed by atoms with E-state index in [2.05, 4.69) is 23.0 Å². The lowest BCUT2D eigenvalue weighted by Crippen LogP contribution is -2.10. The Morgan fingerprint density at radius 1 is 1.30 bits per heavy atom. The Morgan fingerprint density at radius 3 is 2.10 bits per heavy atom. The molecule has 0 heterocycles. The summed E-state index contributed by atoms with van der Waals surface area (Å²) in [6.07, 6.45) is 4.18. The Labute approximate surface area is 71.2 Å². The molecular formula is C6H14N2S2. The maximum Gasteiger partial charge on any atom is 0.0575 e. The molecule has 10 heavy (non-hydrogen) atoms. The number of hydrazone groups is 1. The lowest BCUT2D eigenvalue weighted by atomic mass is 10.5. The first-order chi connectivity index (χ1) is 4.85. The fourth-order valence-corrected chi connectivity index (χ4v) is 1.73. The summed E-state index contributed by atoms with van der Waals surface area (Å²) in [6, 6.07) is 0. The monoisotopic (exact) mass is 178 g/mol. The van der Waals surface area contributed by atoms with Gasteiger partial charge in [-0.05, 0) is 12.5 Å². The maximum atomic E-state index is 4.13. The molecular weight excluding hydrogens is 164 g/mol. The molecule has 0 aliphatic heterocycles. The van der Waals surface area contributed by atoms with Crippen LogP contribution in [0.5, 0.6) is 0 Å². The molecule has 2 nitrogen and oxygen atoms in total. The summed E-state index contributed by atoms with van der Waals surface area (Å²) in [5.74, 6) is 2.06. The zero-order valence-corrected chi connectivity index (χ0v) is 8.31. The normalized spacial score (nSPS) is 9.10. The van der Waals surface area contributed by atoms with Crippen LogP contribution in [-0.4, -0.2) is 36.8 Å². The molecule has 0 aliphatic carbocycles. The molecule has 0 fully saturated rings. The number of thioether (sulfide) groups is 2. The van der Waals surface area contributed by atoms with Crippen molar-refractivity contribution in [3.8, 4) is 0 Å². The second-order valence-corrected chi connectivity index (χ2v) is 3.50. The highest BCUT2D eigenvalue weighted by Crippen LogP contribution is 1.99. The molecule has 0 saturated heterocycles. The van der Waals surface area contributed by atoms with Crippen molar-refractivity contribution in [3.05, 3.63) is 0 Å². The zero-order chi connectivity index (χ0) is 7.82. The van der Waals surface area contributed by atoms with Crippen molar-refractivity contribution in [1.82, 2.24) is 5.43 Å². The lowest BCUT2D eigenvalue weighted by Gasteiger charge is -2.00. The molecule has 0 aromatic rings. The van der Waals surface area contributed by atoms with Gasteiger partial charge < -0.3 is 5.43 Å². The van der Waals surface area contributed by atoms with Crippen LogP contribution in [0.3, 0.4) is 0 Å². The third-order valence-electron chi connectivity index (χ3n) is 0.892. The van der Waals surface area contributed by atoms with E-state index in [0.717, 1.165) is 11.5 Å². The Hall–Kier alpha value is 0.170. The van der Waals surface area contributed by atoms with Gasteiger partial charge in [0.15, 0.2) is 0 Å². The van der Waals surface area contributed by atoms with Gasteiger partial charge in [0.25, 0.3) is 0 Å². The predicted octanol–water partition coefficient (Wildman–Crippen LogP) is 1.29. The minimum Gasteiger partial charge on any atom is -0.313 e. The second kappa shape index (κ2) is 7.28. The molecule has 0 spiro atoms. The topological polar surface area (TPSA) is 24.4 Å². The summed E-state index contributed by atoms with van der Waals surface area (Å²) in [6.45, 7) is 0. The lowest BCUT2D eigenvalue weighted by molar-refractivity contribution is 0.899. The molecule has 0 aromatic carbocycles. The molecule has 0 amide bonds. The van der Waals surface area contributed by atoms with E-state index in [9.17, 15) is 0 Å². The van der Waals surface area contributed by atoms with Gasteiger partial charge in [0.05, 0.1) is 5.71 Å². The van der Waals surface area contributed by atoms with Gasteiger partial charge in [0.2, 0.25) is 0 Å².